The minimum absolute atomic E-state index is 0.00410. The number of benzene rings is 4. The zero-order chi connectivity index (χ0) is 32.9. The molecule has 9 rings (SSSR count). The normalized spacial score (nSPS) is 27.0. The van der Waals surface area contributed by atoms with Gasteiger partial charge in [0.15, 0.2) is 0 Å². The Kier molecular flexibility index (Phi) is 3.41. The molecule has 1 aromatic heterocycles. The predicted molar refractivity (Wildman–Crippen MR) is 170 cm³/mol. The second-order valence-corrected chi connectivity index (χ2v) is 14.6. The van der Waals surface area contributed by atoms with Crippen LogP contribution in [0, 0.1) is 0 Å². The lowest BCUT2D eigenvalue weighted by molar-refractivity contribution is 0.195. The number of nitrogens with zero attached hydrogens (tertiary/aromatic N) is 1. The van der Waals surface area contributed by atoms with Gasteiger partial charge in [0.05, 0.1) is 16.5 Å². The van der Waals surface area contributed by atoms with E-state index in [4.69, 9.17) is 9.60 Å². The lowest BCUT2D eigenvalue weighted by Crippen LogP contribution is -2.57. The fraction of sp³-hybridized carbons (Fsp3) is 0.235. The number of fused-ring (bicyclic) bond motifs is 9. The topological polar surface area (TPSA) is 3.24 Å². The number of para-hydroxylation sites is 1. The molecule has 4 heterocycles. The van der Waals surface area contributed by atoms with Crippen molar-refractivity contribution in [3.63, 3.8) is 0 Å². The van der Waals surface area contributed by atoms with Crippen molar-refractivity contribution in [1.82, 2.24) is 0 Å². The molecule has 39 heavy (non-hydrogen) atoms. The van der Waals surface area contributed by atoms with Crippen molar-refractivity contribution in [1.29, 1.82) is 0 Å². The average Bonchev–Trinajstić information content (AvgIpc) is 3.54. The van der Waals surface area contributed by atoms with Gasteiger partial charge in [-0.1, -0.05) is 103 Å². The first-order chi connectivity index (χ1) is 22.4. The van der Waals surface area contributed by atoms with E-state index >= 15 is 0 Å². The van der Waals surface area contributed by atoms with E-state index < -0.39 is 11.0 Å². The molecule has 190 valence electrons. The molecule has 2 unspecified atom stereocenters. The Balaban J connectivity index is 1.36. The van der Waals surface area contributed by atoms with Gasteiger partial charge in [0, 0.05) is 46.5 Å². The molecule has 4 aliphatic rings. The third-order valence-electron chi connectivity index (χ3n) is 9.58. The summed E-state index contributed by atoms with van der Waals surface area (Å²) in [5, 5.41) is 1.13. The summed E-state index contributed by atoms with van der Waals surface area (Å²) in [7, 11) is 0. The Hall–Kier alpha value is -2.60. The van der Waals surface area contributed by atoms with E-state index in [0.29, 0.717) is 21.6 Å². The van der Waals surface area contributed by atoms with E-state index in [-0.39, 0.29) is 55.1 Å². The van der Waals surface area contributed by atoms with Crippen LogP contribution in [0.15, 0.2) is 104 Å². The molecule has 0 N–H and O–H groups in total. The molecule has 1 saturated carbocycles. The molecule has 5 aromatic rings. The van der Waals surface area contributed by atoms with Crippen LogP contribution in [0.5, 0.6) is 0 Å². The van der Waals surface area contributed by atoms with Gasteiger partial charge < -0.3 is 4.90 Å². The highest BCUT2D eigenvalue weighted by atomic mass is 32.2. The van der Waals surface area contributed by atoms with E-state index in [1.807, 2.05) is 12.1 Å². The Morgan fingerprint density at radius 1 is 0.872 bits per heavy atom. The smallest absolute Gasteiger partial charge is 0.259 e. The second kappa shape index (κ2) is 7.99. The van der Waals surface area contributed by atoms with Crippen molar-refractivity contribution in [2.75, 3.05) is 4.90 Å². The summed E-state index contributed by atoms with van der Waals surface area (Å²) in [6, 6.07) is 11.7. The molecule has 0 amide bonds. The SMILES string of the molecule is [2H]c1c([2H])c([2H])c2c(c1[2H])Sc1cc(N3c4c([2H])c([2H])c([2H])c([2H])c4C4(C)CCCCC34C)cc3c1B2c1sc2ccccc2c1S3. The minimum atomic E-state index is -0.500. The molecule has 3 aliphatic heterocycles. The molecular weight excluding hydrogens is 529 g/mol. The van der Waals surface area contributed by atoms with E-state index in [1.165, 1.54) is 11.8 Å². The van der Waals surface area contributed by atoms with Gasteiger partial charge in [0.1, 0.15) is 0 Å². The molecule has 1 nitrogen and oxygen atoms in total. The summed E-state index contributed by atoms with van der Waals surface area (Å²) in [5.74, 6) is 0. The molecule has 1 fully saturated rings. The Labute approximate surface area is 254 Å². The third kappa shape index (κ3) is 2.92. The van der Waals surface area contributed by atoms with Crippen molar-refractivity contribution < 1.29 is 11.0 Å². The van der Waals surface area contributed by atoms with Crippen molar-refractivity contribution in [2.24, 2.45) is 0 Å². The fourth-order valence-electron chi connectivity index (χ4n) is 7.51. The van der Waals surface area contributed by atoms with Crippen molar-refractivity contribution in [3.8, 4) is 0 Å². The van der Waals surface area contributed by atoms with Crippen LogP contribution >= 0.6 is 34.9 Å². The third-order valence-corrected chi connectivity index (χ3v) is 13.2. The highest BCUT2D eigenvalue weighted by Gasteiger charge is 2.57. The number of hydrogen-bond acceptors (Lipinski definition) is 4. The van der Waals surface area contributed by atoms with Gasteiger partial charge in [-0.15, -0.1) is 11.3 Å². The van der Waals surface area contributed by atoms with E-state index in [2.05, 4.69) is 43.0 Å². The standard InChI is InChI=1S/C34H28BNS3/c1-33-17-9-10-18-34(33,2)36(25-14-6-4-12-23(25)33)21-19-28-30-29(20-21)38-31-22-11-3-7-15-26(22)39-32(31)35(30)24-13-5-8-16-27(24)37-28/h3-8,11-16,19-20H,9-10,17-18H2,1-2H3/i4D,5D,6D,8D,12D,13D,14D,16D. The number of rotatable bonds is 1. The molecule has 1 aliphatic carbocycles. The summed E-state index contributed by atoms with van der Waals surface area (Å²) in [5.41, 5.74) is 2.78. The second-order valence-electron chi connectivity index (χ2n) is 11.4. The quantitative estimate of drug-likeness (QED) is 0.185. The van der Waals surface area contributed by atoms with Crippen LogP contribution in [0.3, 0.4) is 0 Å². The molecule has 2 atom stereocenters. The van der Waals surface area contributed by atoms with Crippen LogP contribution in [0.2, 0.25) is 0 Å². The van der Waals surface area contributed by atoms with E-state index in [1.54, 1.807) is 23.1 Å². The number of hydrogen-bond donors (Lipinski definition) is 0. The maximum Gasteiger partial charge on any atom is 0.259 e. The van der Waals surface area contributed by atoms with Crippen molar-refractivity contribution in [2.45, 2.75) is 70.1 Å². The van der Waals surface area contributed by atoms with Gasteiger partial charge in [-0.3, -0.25) is 0 Å². The highest BCUT2D eigenvalue weighted by molar-refractivity contribution is 8.01. The monoisotopic (exact) mass is 565 g/mol. The molecular formula is C34H28BNS3. The Bertz CT molecular complexity index is 2270. The van der Waals surface area contributed by atoms with Crippen LogP contribution in [0.4, 0.5) is 11.4 Å². The van der Waals surface area contributed by atoms with Crippen molar-refractivity contribution in [3.05, 3.63) is 90.3 Å². The van der Waals surface area contributed by atoms with Gasteiger partial charge in [0.25, 0.3) is 6.71 Å². The summed E-state index contributed by atoms with van der Waals surface area (Å²) >= 11 is 4.78. The minimum Gasteiger partial charge on any atom is -0.334 e. The summed E-state index contributed by atoms with van der Waals surface area (Å²) < 4.78 is 72.8. The van der Waals surface area contributed by atoms with E-state index in [9.17, 15) is 1.37 Å². The van der Waals surface area contributed by atoms with Crippen LogP contribution in [-0.4, -0.2) is 12.3 Å². The van der Waals surface area contributed by atoms with Gasteiger partial charge >= 0.3 is 0 Å². The zero-order valence-electron chi connectivity index (χ0n) is 29.5. The maximum atomic E-state index is 9.18. The molecule has 0 radical (unpaired) electrons. The molecule has 0 bridgehead atoms. The van der Waals surface area contributed by atoms with E-state index in [0.717, 1.165) is 66.4 Å². The molecule has 4 aromatic carbocycles. The van der Waals surface area contributed by atoms with Gasteiger partial charge in [-0.25, -0.2) is 0 Å². The maximum absolute atomic E-state index is 9.18. The van der Waals surface area contributed by atoms with Crippen LogP contribution in [-0.2, 0) is 5.41 Å². The Morgan fingerprint density at radius 3 is 2.56 bits per heavy atom. The predicted octanol–water partition coefficient (Wildman–Crippen LogP) is 8.09. The fourth-order valence-corrected chi connectivity index (χ4v) is 11.5. The number of anilines is 2. The van der Waals surface area contributed by atoms with Gasteiger partial charge in [-0.05, 0) is 65.9 Å². The zero-order valence-corrected chi connectivity index (χ0v) is 24.0. The summed E-state index contributed by atoms with van der Waals surface area (Å²) in [6.45, 7) is 4.03. The lowest BCUT2D eigenvalue weighted by Gasteiger charge is -2.50. The van der Waals surface area contributed by atoms with Gasteiger partial charge in [0.2, 0.25) is 0 Å². The first-order valence-electron chi connectivity index (χ1n) is 17.5. The van der Waals surface area contributed by atoms with Crippen LogP contribution in [0.25, 0.3) is 10.1 Å². The highest BCUT2D eigenvalue weighted by Crippen LogP contribution is 2.61. The van der Waals surface area contributed by atoms with Crippen LogP contribution < -0.4 is 20.6 Å². The average molecular weight is 566 g/mol. The lowest BCUT2D eigenvalue weighted by atomic mass is 9.39. The molecule has 0 saturated heterocycles. The first-order valence-corrected chi connectivity index (χ1v) is 15.9. The van der Waals surface area contributed by atoms with Gasteiger partial charge in [-0.2, -0.15) is 0 Å². The summed E-state index contributed by atoms with van der Waals surface area (Å²) in [6.07, 6.45) is 3.65. The van der Waals surface area contributed by atoms with Crippen molar-refractivity contribution >= 4 is 78.7 Å². The molecule has 5 heteroatoms. The number of thiophene rings is 1. The van der Waals surface area contributed by atoms with Crippen LogP contribution in [0.1, 0.15) is 56.1 Å². The molecule has 0 spiro atoms. The largest absolute Gasteiger partial charge is 0.334 e. The Morgan fingerprint density at radius 2 is 1.64 bits per heavy atom. The first kappa shape index (κ1) is 16.6. The summed E-state index contributed by atoms with van der Waals surface area (Å²) in [4.78, 5) is 5.78.